The van der Waals surface area contributed by atoms with Crippen LogP contribution in [0, 0.1) is 0 Å². The van der Waals surface area contributed by atoms with Crippen LogP contribution < -0.4 is 9.47 Å². The van der Waals surface area contributed by atoms with Gasteiger partial charge in [-0.1, -0.05) is 78.3 Å². The molecule has 0 bridgehead atoms. The number of phenolic OH excluding ortho intramolecular Hbond substituents is 1. The third-order valence-electron chi connectivity index (χ3n) is 5.87. The molecule has 0 atom stereocenters. The van der Waals surface area contributed by atoms with Crippen molar-refractivity contribution in [3.05, 3.63) is 124 Å². The van der Waals surface area contributed by atoms with E-state index >= 15 is 0 Å². The molecule has 174 valence electrons. The van der Waals surface area contributed by atoms with Crippen molar-refractivity contribution in [3.63, 3.8) is 0 Å². The SMILES string of the molecule is COc1ccc(C(OCCc2ccc(O)c(Cl)c2)(c2ccccc2)c2ccccc2)c(OC)c1. The highest BCUT2D eigenvalue weighted by Crippen LogP contribution is 2.45. The second kappa shape index (κ2) is 10.6. The van der Waals surface area contributed by atoms with Crippen molar-refractivity contribution in [1.29, 1.82) is 0 Å². The normalized spacial score (nSPS) is 11.3. The van der Waals surface area contributed by atoms with Gasteiger partial charge in [-0.2, -0.15) is 0 Å². The summed E-state index contributed by atoms with van der Waals surface area (Å²) in [7, 11) is 3.28. The van der Waals surface area contributed by atoms with Crippen LogP contribution in [0.1, 0.15) is 22.3 Å². The van der Waals surface area contributed by atoms with Gasteiger partial charge in [-0.25, -0.2) is 0 Å². The number of halogens is 1. The van der Waals surface area contributed by atoms with Crippen LogP contribution in [0.15, 0.2) is 97.1 Å². The summed E-state index contributed by atoms with van der Waals surface area (Å²) in [6, 6.07) is 31.3. The maximum atomic E-state index is 9.76. The molecule has 0 saturated heterocycles. The maximum Gasteiger partial charge on any atom is 0.147 e. The topological polar surface area (TPSA) is 47.9 Å². The molecule has 0 saturated carbocycles. The van der Waals surface area contributed by atoms with E-state index in [0.29, 0.717) is 29.5 Å². The van der Waals surface area contributed by atoms with Gasteiger partial charge < -0.3 is 19.3 Å². The predicted molar refractivity (Wildman–Crippen MR) is 135 cm³/mol. The standard InChI is InChI=1S/C29H27ClO4/c1-32-24-14-15-25(28(20-24)33-2)29(22-9-5-3-6-10-22,23-11-7-4-8-12-23)34-18-17-21-13-16-27(31)26(30)19-21/h3-16,19-20,31H,17-18H2,1-2H3. The number of phenols is 1. The number of aromatic hydroxyl groups is 1. The molecular weight excluding hydrogens is 448 g/mol. The second-order valence-electron chi connectivity index (χ2n) is 7.86. The lowest BCUT2D eigenvalue weighted by atomic mass is 9.79. The van der Waals surface area contributed by atoms with E-state index in [0.717, 1.165) is 22.3 Å². The molecule has 4 aromatic carbocycles. The monoisotopic (exact) mass is 474 g/mol. The van der Waals surface area contributed by atoms with Crippen LogP contribution in [-0.4, -0.2) is 25.9 Å². The molecule has 1 N–H and O–H groups in total. The number of benzene rings is 4. The summed E-state index contributed by atoms with van der Waals surface area (Å²) in [6.45, 7) is 0.403. The van der Waals surface area contributed by atoms with E-state index in [4.69, 9.17) is 25.8 Å². The van der Waals surface area contributed by atoms with Crippen LogP contribution in [0.25, 0.3) is 0 Å². The molecule has 5 heteroatoms. The first-order chi connectivity index (χ1) is 16.6. The molecule has 4 rings (SSSR count). The summed E-state index contributed by atoms with van der Waals surface area (Å²) >= 11 is 6.12. The molecule has 0 aliphatic rings. The molecular formula is C29H27ClO4. The Morgan fingerprint density at radius 3 is 1.97 bits per heavy atom. The Balaban J connectivity index is 1.84. The van der Waals surface area contributed by atoms with Gasteiger partial charge in [0.2, 0.25) is 0 Å². The van der Waals surface area contributed by atoms with Crippen LogP contribution in [-0.2, 0) is 16.8 Å². The highest BCUT2D eigenvalue weighted by molar-refractivity contribution is 6.32. The fourth-order valence-corrected chi connectivity index (χ4v) is 4.39. The zero-order valence-corrected chi connectivity index (χ0v) is 20.0. The number of ether oxygens (including phenoxy) is 3. The smallest absolute Gasteiger partial charge is 0.147 e. The van der Waals surface area contributed by atoms with Gasteiger partial charge in [0.15, 0.2) is 0 Å². The van der Waals surface area contributed by atoms with Crippen molar-refractivity contribution in [2.75, 3.05) is 20.8 Å². The lowest BCUT2D eigenvalue weighted by molar-refractivity contribution is 0.0131. The minimum atomic E-state index is -0.930. The molecule has 0 spiro atoms. The molecule has 0 fully saturated rings. The molecule has 0 aliphatic heterocycles. The summed E-state index contributed by atoms with van der Waals surface area (Å²) in [6.07, 6.45) is 0.611. The fourth-order valence-electron chi connectivity index (χ4n) is 4.19. The Hall–Kier alpha value is -3.47. The average molecular weight is 475 g/mol. The summed E-state index contributed by atoms with van der Waals surface area (Å²) in [5, 5.41) is 10.1. The molecule has 0 aromatic heterocycles. The zero-order chi connectivity index (χ0) is 24.0. The minimum Gasteiger partial charge on any atom is -0.506 e. The maximum absolute atomic E-state index is 9.76. The van der Waals surface area contributed by atoms with Crippen LogP contribution >= 0.6 is 11.6 Å². The van der Waals surface area contributed by atoms with E-state index in [9.17, 15) is 5.11 Å². The highest BCUT2D eigenvalue weighted by Gasteiger charge is 2.40. The lowest BCUT2D eigenvalue weighted by Gasteiger charge is -2.37. The molecule has 0 amide bonds. The van der Waals surface area contributed by atoms with E-state index in [1.165, 1.54) is 0 Å². The molecule has 4 nitrogen and oxygen atoms in total. The van der Waals surface area contributed by atoms with Crippen molar-refractivity contribution in [2.45, 2.75) is 12.0 Å². The summed E-state index contributed by atoms with van der Waals surface area (Å²) in [5.74, 6) is 1.44. The van der Waals surface area contributed by atoms with Gasteiger partial charge >= 0.3 is 0 Å². The van der Waals surface area contributed by atoms with E-state index in [1.807, 2.05) is 60.7 Å². The number of hydrogen-bond acceptors (Lipinski definition) is 4. The van der Waals surface area contributed by atoms with E-state index in [2.05, 4.69) is 24.3 Å². The molecule has 0 aliphatic carbocycles. The second-order valence-corrected chi connectivity index (χ2v) is 8.27. The molecule has 0 unspecified atom stereocenters. The van der Waals surface area contributed by atoms with Crippen LogP contribution in [0.2, 0.25) is 5.02 Å². The zero-order valence-electron chi connectivity index (χ0n) is 19.2. The minimum absolute atomic E-state index is 0.0669. The van der Waals surface area contributed by atoms with Crippen LogP contribution in [0.4, 0.5) is 0 Å². The van der Waals surface area contributed by atoms with Gasteiger partial charge in [0, 0.05) is 11.6 Å². The van der Waals surface area contributed by atoms with Crippen LogP contribution in [0.5, 0.6) is 17.2 Å². The predicted octanol–water partition coefficient (Wildman–Crippen LogP) is 6.61. The van der Waals surface area contributed by atoms with Gasteiger partial charge in [-0.3, -0.25) is 0 Å². The van der Waals surface area contributed by atoms with E-state index < -0.39 is 5.60 Å². The highest BCUT2D eigenvalue weighted by atomic mass is 35.5. The van der Waals surface area contributed by atoms with Gasteiger partial charge in [-0.05, 0) is 47.4 Å². The Morgan fingerprint density at radius 2 is 1.41 bits per heavy atom. The van der Waals surface area contributed by atoms with Gasteiger partial charge in [-0.15, -0.1) is 0 Å². The first-order valence-electron chi connectivity index (χ1n) is 11.0. The third kappa shape index (κ3) is 4.74. The first kappa shape index (κ1) is 23.7. The third-order valence-corrected chi connectivity index (χ3v) is 6.17. The average Bonchev–Trinajstić information content (AvgIpc) is 2.89. The largest absolute Gasteiger partial charge is 0.506 e. The summed E-state index contributed by atoms with van der Waals surface area (Å²) in [4.78, 5) is 0. The van der Waals surface area contributed by atoms with Gasteiger partial charge in [0.1, 0.15) is 22.8 Å². The van der Waals surface area contributed by atoms with E-state index in [-0.39, 0.29) is 5.75 Å². The molecule has 0 radical (unpaired) electrons. The van der Waals surface area contributed by atoms with Gasteiger partial charge in [0.05, 0.1) is 25.8 Å². The van der Waals surface area contributed by atoms with Crippen molar-refractivity contribution >= 4 is 11.6 Å². The van der Waals surface area contributed by atoms with Gasteiger partial charge in [0.25, 0.3) is 0 Å². The first-order valence-corrected chi connectivity index (χ1v) is 11.4. The fraction of sp³-hybridized carbons (Fsp3) is 0.172. The van der Waals surface area contributed by atoms with Crippen molar-refractivity contribution in [3.8, 4) is 17.2 Å². The van der Waals surface area contributed by atoms with Crippen molar-refractivity contribution < 1.29 is 19.3 Å². The number of rotatable bonds is 9. The molecule has 34 heavy (non-hydrogen) atoms. The van der Waals surface area contributed by atoms with E-state index in [1.54, 1.807) is 26.4 Å². The van der Waals surface area contributed by atoms with Crippen LogP contribution in [0.3, 0.4) is 0 Å². The Morgan fingerprint density at radius 1 is 0.765 bits per heavy atom. The molecule has 4 aromatic rings. The number of hydrogen-bond donors (Lipinski definition) is 1. The quantitative estimate of drug-likeness (QED) is 0.277. The molecule has 0 heterocycles. The lowest BCUT2D eigenvalue weighted by Crippen LogP contribution is -2.34. The number of methoxy groups -OCH3 is 2. The Kier molecular flexibility index (Phi) is 7.41. The Bertz CT molecular complexity index is 1190. The van der Waals surface area contributed by atoms with Crippen molar-refractivity contribution in [1.82, 2.24) is 0 Å². The summed E-state index contributed by atoms with van der Waals surface area (Å²) < 4.78 is 18.1. The van der Waals surface area contributed by atoms with Crippen molar-refractivity contribution in [2.24, 2.45) is 0 Å². The summed E-state index contributed by atoms with van der Waals surface area (Å²) in [5.41, 5.74) is 2.87. The Labute approximate surface area is 205 Å².